The van der Waals surface area contributed by atoms with Crippen molar-refractivity contribution in [2.24, 2.45) is 0 Å². The molecule has 1 heterocycles. The lowest BCUT2D eigenvalue weighted by Crippen LogP contribution is -2.56. The lowest BCUT2D eigenvalue weighted by atomic mass is 9.68. The van der Waals surface area contributed by atoms with Crippen LogP contribution in [0.25, 0.3) is 0 Å². The highest BCUT2D eigenvalue weighted by atomic mass is 19.4. The monoisotopic (exact) mass is 445 g/mol. The van der Waals surface area contributed by atoms with Gasteiger partial charge in [-0.2, -0.15) is 13.2 Å². The van der Waals surface area contributed by atoms with Gasteiger partial charge < -0.3 is 20.4 Å². The Morgan fingerprint density at radius 3 is 2.03 bits per heavy atom. The molecule has 0 aromatic heterocycles. The zero-order chi connectivity index (χ0) is 23.4. The Kier molecular flexibility index (Phi) is 7.20. The fourth-order valence-corrected chi connectivity index (χ4v) is 4.34. The summed E-state index contributed by atoms with van der Waals surface area (Å²) in [7, 11) is 4.19. The van der Waals surface area contributed by atoms with Crippen molar-refractivity contribution in [1.82, 2.24) is 15.1 Å². The van der Waals surface area contributed by atoms with E-state index in [0.717, 1.165) is 25.7 Å². The molecule has 2 amide bonds. The number of nitrogens with one attached hydrogen (secondary N) is 1. The smallest absolute Gasteiger partial charge is 0.480 e. The molecule has 8 nitrogen and oxygen atoms in total. The second kappa shape index (κ2) is 9.13. The van der Waals surface area contributed by atoms with Gasteiger partial charge in [0, 0.05) is 12.1 Å². The first kappa shape index (κ1) is 24.4. The van der Waals surface area contributed by atoms with Crippen LogP contribution in [0, 0.1) is 0 Å². The summed E-state index contributed by atoms with van der Waals surface area (Å²) < 4.78 is 31.7. The van der Waals surface area contributed by atoms with Crippen LogP contribution in [-0.2, 0) is 15.1 Å². The third-order valence-corrected chi connectivity index (χ3v) is 6.10. The van der Waals surface area contributed by atoms with E-state index in [4.69, 9.17) is 15.0 Å². The highest BCUT2D eigenvalue weighted by molar-refractivity contribution is 5.83. The zero-order valence-electron chi connectivity index (χ0n) is 17.3. The van der Waals surface area contributed by atoms with Crippen molar-refractivity contribution < 1.29 is 37.8 Å². The normalized spacial score (nSPS) is 25.7. The molecule has 1 saturated carbocycles. The van der Waals surface area contributed by atoms with E-state index in [-0.39, 0.29) is 23.7 Å². The Balaban J connectivity index is 0.000000423. The first-order chi connectivity index (χ1) is 14.3. The third kappa shape index (κ3) is 5.27. The van der Waals surface area contributed by atoms with Crippen molar-refractivity contribution in [2.45, 2.75) is 42.9 Å². The van der Waals surface area contributed by atoms with Crippen molar-refractivity contribution in [2.75, 3.05) is 27.2 Å². The molecule has 3 N–H and O–H groups in total. The first-order valence-corrected chi connectivity index (χ1v) is 9.64. The van der Waals surface area contributed by atoms with Gasteiger partial charge in [-0.25, -0.2) is 9.59 Å². The summed E-state index contributed by atoms with van der Waals surface area (Å²) in [5, 5.41) is 19.1. The Morgan fingerprint density at radius 1 is 1.10 bits per heavy atom. The van der Waals surface area contributed by atoms with Crippen LogP contribution >= 0.6 is 0 Å². The standard InChI is InChI=1S/C18H25N3O3.C2HF3O2/c1-20(2)18(14-6-4-3-5-7-14)10-8-17(9-11-18)13-19-16(24)21(17)12-15(22)23;3-2(4,5)1(6)7/h3-7H,8-13H2,1-2H3,(H,19,24)(H,22,23);(H,6,7)/t17-,18-;. The van der Waals surface area contributed by atoms with E-state index in [2.05, 4.69) is 48.6 Å². The number of alkyl halides is 3. The molecule has 31 heavy (non-hydrogen) atoms. The third-order valence-electron chi connectivity index (χ3n) is 6.10. The van der Waals surface area contributed by atoms with Crippen molar-refractivity contribution in [3.05, 3.63) is 35.9 Å². The number of hydrogen-bond donors (Lipinski definition) is 3. The van der Waals surface area contributed by atoms with Crippen molar-refractivity contribution in [1.29, 1.82) is 0 Å². The molecule has 0 radical (unpaired) electrons. The fourth-order valence-electron chi connectivity index (χ4n) is 4.34. The molecule has 2 aliphatic rings. The second-order valence-corrected chi connectivity index (χ2v) is 7.96. The Bertz CT molecular complexity index is 806. The summed E-state index contributed by atoms with van der Waals surface area (Å²) in [6, 6.07) is 10.2. The zero-order valence-corrected chi connectivity index (χ0v) is 17.3. The fraction of sp³-hybridized carbons (Fsp3) is 0.550. The Labute approximate surface area is 177 Å². The number of nitrogens with zero attached hydrogens (tertiary/aromatic N) is 2. The predicted molar refractivity (Wildman–Crippen MR) is 104 cm³/mol. The molecule has 1 aromatic carbocycles. The van der Waals surface area contributed by atoms with E-state index >= 15 is 0 Å². The lowest BCUT2D eigenvalue weighted by molar-refractivity contribution is -0.192. The maximum atomic E-state index is 12.1. The van der Waals surface area contributed by atoms with E-state index in [9.17, 15) is 22.8 Å². The average Bonchev–Trinajstić information content (AvgIpc) is 2.98. The van der Waals surface area contributed by atoms with Gasteiger partial charge in [-0.3, -0.25) is 9.69 Å². The number of urea groups is 1. The molecule has 1 aromatic rings. The summed E-state index contributed by atoms with van der Waals surface area (Å²) in [6.07, 6.45) is -1.69. The molecular weight excluding hydrogens is 419 g/mol. The lowest BCUT2D eigenvalue weighted by Gasteiger charge is -2.50. The van der Waals surface area contributed by atoms with Crippen LogP contribution in [0.3, 0.4) is 0 Å². The molecule has 11 heteroatoms. The van der Waals surface area contributed by atoms with Gasteiger partial charge in [-0.1, -0.05) is 30.3 Å². The molecule has 1 aliphatic carbocycles. The topological polar surface area (TPSA) is 110 Å². The quantitative estimate of drug-likeness (QED) is 0.657. The molecule has 3 rings (SSSR count). The first-order valence-electron chi connectivity index (χ1n) is 9.64. The number of rotatable bonds is 4. The molecule has 0 bridgehead atoms. The van der Waals surface area contributed by atoms with Crippen molar-refractivity contribution >= 4 is 18.0 Å². The largest absolute Gasteiger partial charge is 0.490 e. The van der Waals surface area contributed by atoms with Gasteiger partial charge in [-0.05, 0) is 45.3 Å². The Morgan fingerprint density at radius 2 is 1.61 bits per heavy atom. The Hall–Kier alpha value is -2.82. The molecule has 1 saturated heterocycles. The highest BCUT2D eigenvalue weighted by Crippen LogP contribution is 2.47. The van der Waals surface area contributed by atoms with Crippen molar-refractivity contribution in [3.8, 4) is 0 Å². The van der Waals surface area contributed by atoms with E-state index < -0.39 is 18.1 Å². The summed E-state index contributed by atoms with van der Waals surface area (Å²) in [5.74, 6) is -3.72. The van der Waals surface area contributed by atoms with E-state index in [1.54, 1.807) is 0 Å². The molecule has 172 valence electrons. The molecule has 2 fully saturated rings. The summed E-state index contributed by atoms with van der Waals surface area (Å²) >= 11 is 0. The molecule has 1 spiro atoms. The number of aliphatic carboxylic acids is 2. The van der Waals surface area contributed by atoms with Crippen LogP contribution in [0.5, 0.6) is 0 Å². The van der Waals surface area contributed by atoms with Crippen LogP contribution < -0.4 is 5.32 Å². The van der Waals surface area contributed by atoms with Gasteiger partial charge >= 0.3 is 24.1 Å². The highest BCUT2D eigenvalue weighted by Gasteiger charge is 2.52. The summed E-state index contributed by atoms with van der Waals surface area (Å²) in [5.41, 5.74) is 0.850. The number of carboxylic acids is 2. The molecule has 0 unspecified atom stereocenters. The number of carbonyl (C=O) groups is 3. The van der Waals surface area contributed by atoms with Gasteiger partial charge in [0.05, 0.1) is 5.54 Å². The average molecular weight is 445 g/mol. The maximum absolute atomic E-state index is 12.1. The van der Waals surface area contributed by atoms with Gasteiger partial charge in [-0.15, -0.1) is 0 Å². The van der Waals surface area contributed by atoms with E-state index in [1.807, 2.05) is 6.07 Å². The molecular formula is C20H26F3N3O5. The van der Waals surface area contributed by atoms with E-state index in [0.29, 0.717) is 6.54 Å². The minimum atomic E-state index is -5.08. The minimum absolute atomic E-state index is 0.0625. The SMILES string of the molecule is CN(C)[C@]1(c2ccccc2)CC[C@@]2(CC1)CNC(=O)N2CC(=O)O.O=C(O)C(F)(F)F. The van der Waals surface area contributed by atoms with Crippen LogP contribution in [0.2, 0.25) is 0 Å². The van der Waals surface area contributed by atoms with Crippen LogP contribution in [-0.4, -0.2) is 76.9 Å². The molecule has 1 aliphatic heterocycles. The van der Waals surface area contributed by atoms with Crippen LogP contribution in [0.15, 0.2) is 30.3 Å². The molecule has 0 atom stereocenters. The number of carboxylic acid groups (broad SMARTS) is 2. The number of benzene rings is 1. The van der Waals surface area contributed by atoms with Gasteiger partial charge in [0.1, 0.15) is 6.54 Å². The maximum Gasteiger partial charge on any atom is 0.490 e. The minimum Gasteiger partial charge on any atom is -0.480 e. The van der Waals surface area contributed by atoms with Crippen molar-refractivity contribution in [3.63, 3.8) is 0 Å². The summed E-state index contributed by atoms with van der Waals surface area (Å²) in [6.45, 7) is 0.309. The van der Waals surface area contributed by atoms with Gasteiger partial charge in [0.15, 0.2) is 0 Å². The second-order valence-electron chi connectivity index (χ2n) is 7.96. The van der Waals surface area contributed by atoms with E-state index in [1.165, 1.54) is 10.5 Å². The summed E-state index contributed by atoms with van der Waals surface area (Å²) in [4.78, 5) is 35.9. The van der Waals surface area contributed by atoms with Gasteiger partial charge in [0.2, 0.25) is 0 Å². The van der Waals surface area contributed by atoms with Crippen LogP contribution in [0.4, 0.5) is 18.0 Å². The number of halogens is 3. The number of carbonyl (C=O) groups excluding carboxylic acids is 1. The predicted octanol–water partition coefficient (Wildman–Crippen LogP) is 2.50. The van der Waals surface area contributed by atoms with Crippen LogP contribution in [0.1, 0.15) is 31.2 Å². The number of hydrogen-bond acceptors (Lipinski definition) is 4. The van der Waals surface area contributed by atoms with Gasteiger partial charge in [0.25, 0.3) is 0 Å². The number of amides is 2.